The first kappa shape index (κ1) is 25.0. The lowest BCUT2D eigenvalue weighted by Gasteiger charge is -2.27. The third kappa shape index (κ3) is 9.34. The van der Waals surface area contributed by atoms with Crippen LogP contribution in [-0.2, 0) is 20.7 Å². The van der Waals surface area contributed by atoms with Crippen LogP contribution < -0.4 is 14.5 Å². The van der Waals surface area contributed by atoms with Crippen molar-refractivity contribution >= 4 is 20.2 Å². The van der Waals surface area contributed by atoms with Crippen LogP contribution in [0.25, 0.3) is 0 Å². The van der Waals surface area contributed by atoms with E-state index >= 15 is 0 Å². The van der Waals surface area contributed by atoms with E-state index in [0.717, 1.165) is 35.9 Å². The summed E-state index contributed by atoms with van der Waals surface area (Å²) in [5.41, 5.74) is 1.03. The van der Waals surface area contributed by atoms with Gasteiger partial charge in [-0.15, -0.1) is 0 Å². The number of carbonyl (C=O) groups is 2. The van der Waals surface area contributed by atoms with E-state index in [0.29, 0.717) is 19.4 Å². The van der Waals surface area contributed by atoms with Gasteiger partial charge in [-0.1, -0.05) is 31.9 Å². The van der Waals surface area contributed by atoms with Crippen molar-refractivity contribution in [3.63, 3.8) is 0 Å². The maximum absolute atomic E-state index is 11.9. The van der Waals surface area contributed by atoms with Crippen molar-refractivity contribution in [3.05, 3.63) is 23.8 Å². The summed E-state index contributed by atoms with van der Waals surface area (Å²) < 4.78 is 17.1. The number of para-hydroxylation sites is 1. The van der Waals surface area contributed by atoms with Crippen LogP contribution in [0.1, 0.15) is 52.0 Å². The number of benzene rings is 1. The van der Waals surface area contributed by atoms with Gasteiger partial charge in [-0.25, -0.2) is 0 Å². The summed E-state index contributed by atoms with van der Waals surface area (Å²) >= 11 is 0. The van der Waals surface area contributed by atoms with Crippen molar-refractivity contribution in [1.29, 1.82) is 0 Å². The Morgan fingerprint density at radius 1 is 1.21 bits per heavy atom. The summed E-state index contributed by atoms with van der Waals surface area (Å²) in [6.07, 6.45) is 3.72. The molecule has 7 heteroatoms. The molecular formula is C22H37NO5Si. The van der Waals surface area contributed by atoms with Gasteiger partial charge in [-0.2, -0.15) is 0 Å². The molecule has 1 aromatic rings. The molecule has 0 fully saturated rings. The fraction of sp³-hybridized carbons (Fsp3) is 0.636. The van der Waals surface area contributed by atoms with Crippen LogP contribution in [0.5, 0.6) is 11.5 Å². The smallest absolute Gasteiger partial charge is 0.307 e. The number of esters is 1. The molecule has 0 aliphatic rings. The Kier molecular flexibility index (Phi) is 10.8. The number of unbranched alkanes of at least 4 members (excludes halogenated alkanes) is 1. The highest BCUT2D eigenvalue weighted by Gasteiger charge is 2.27. The van der Waals surface area contributed by atoms with Crippen LogP contribution >= 0.6 is 0 Å². The molecule has 1 atom stereocenters. The molecule has 1 aromatic carbocycles. The van der Waals surface area contributed by atoms with Crippen molar-refractivity contribution in [2.75, 3.05) is 13.7 Å². The lowest BCUT2D eigenvalue weighted by atomic mass is 10.0. The maximum atomic E-state index is 11.9. The first-order valence-corrected chi connectivity index (χ1v) is 13.6. The van der Waals surface area contributed by atoms with Crippen LogP contribution in [0.4, 0.5) is 0 Å². The third-order valence-corrected chi connectivity index (χ3v) is 6.99. The normalized spacial score (nSPS) is 12.2. The average molecular weight is 424 g/mol. The van der Waals surface area contributed by atoms with Crippen molar-refractivity contribution in [3.8, 4) is 11.5 Å². The Morgan fingerprint density at radius 2 is 1.93 bits per heavy atom. The highest BCUT2D eigenvalue weighted by molar-refractivity contribution is 6.71. The van der Waals surface area contributed by atoms with Gasteiger partial charge in [0.05, 0.1) is 20.1 Å². The summed E-state index contributed by atoms with van der Waals surface area (Å²) in [5, 5.41) is 2.86. The number of hydrogen-bond acceptors (Lipinski definition) is 5. The zero-order chi connectivity index (χ0) is 21.9. The van der Waals surface area contributed by atoms with Crippen molar-refractivity contribution in [2.24, 2.45) is 0 Å². The van der Waals surface area contributed by atoms with Crippen molar-refractivity contribution in [2.45, 2.75) is 78.1 Å². The minimum atomic E-state index is -1.89. The quantitative estimate of drug-likeness (QED) is 0.374. The summed E-state index contributed by atoms with van der Waals surface area (Å²) in [4.78, 5) is 23.4. The maximum Gasteiger partial charge on any atom is 0.307 e. The molecule has 0 radical (unpaired) electrons. The van der Waals surface area contributed by atoms with Crippen LogP contribution in [0, 0.1) is 0 Å². The number of ether oxygens (including phenoxy) is 2. The lowest BCUT2D eigenvalue weighted by Crippen LogP contribution is -2.36. The Morgan fingerprint density at radius 3 is 2.52 bits per heavy atom. The zero-order valence-electron chi connectivity index (χ0n) is 18.8. The van der Waals surface area contributed by atoms with E-state index in [1.165, 1.54) is 6.92 Å². The zero-order valence-corrected chi connectivity index (χ0v) is 19.8. The summed E-state index contributed by atoms with van der Waals surface area (Å²) in [6.45, 7) is 10.2. The molecule has 0 aliphatic heterocycles. The first-order valence-electron chi connectivity index (χ1n) is 10.5. The highest BCUT2D eigenvalue weighted by Crippen LogP contribution is 2.35. The minimum Gasteiger partial charge on any atom is -0.541 e. The molecule has 1 N–H and O–H groups in total. The molecular weight excluding hydrogens is 386 g/mol. The molecule has 29 heavy (non-hydrogen) atoms. The molecule has 0 bridgehead atoms. The molecule has 164 valence electrons. The molecule has 6 nitrogen and oxygen atoms in total. The molecule has 0 aromatic heterocycles. The van der Waals surface area contributed by atoms with Crippen LogP contribution in [0.2, 0.25) is 19.1 Å². The van der Waals surface area contributed by atoms with Gasteiger partial charge in [-0.3, -0.25) is 9.59 Å². The van der Waals surface area contributed by atoms with E-state index in [2.05, 4.69) is 25.3 Å². The number of methoxy groups -OCH3 is 1. The predicted molar refractivity (Wildman–Crippen MR) is 118 cm³/mol. The minimum absolute atomic E-state index is 0.157. The first-order chi connectivity index (χ1) is 13.7. The molecule has 0 saturated carbocycles. The number of amides is 1. The largest absolute Gasteiger partial charge is 0.541 e. The van der Waals surface area contributed by atoms with Gasteiger partial charge in [-0.05, 0) is 50.5 Å². The van der Waals surface area contributed by atoms with E-state index < -0.39 is 8.32 Å². The van der Waals surface area contributed by atoms with E-state index in [-0.39, 0.29) is 24.3 Å². The van der Waals surface area contributed by atoms with Crippen molar-refractivity contribution in [1.82, 2.24) is 5.32 Å². The number of nitrogens with one attached hydrogen (secondary N) is 1. The van der Waals surface area contributed by atoms with Gasteiger partial charge in [0.15, 0.2) is 5.75 Å². The average Bonchev–Trinajstić information content (AvgIpc) is 2.64. The lowest BCUT2D eigenvalue weighted by molar-refractivity contribution is -0.143. The fourth-order valence-corrected chi connectivity index (χ4v) is 5.32. The second-order valence-electron chi connectivity index (χ2n) is 7.86. The number of hydrogen-bond donors (Lipinski definition) is 1. The summed E-state index contributed by atoms with van der Waals surface area (Å²) in [7, 11) is -0.241. The van der Waals surface area contributed by atoms with Gasteiger partial charge >= 0.3 is 5.97 Å². The molecule has 0 heterocycles. The molecule has 1 unspecified atom stereocenters. The number of rotatable bonds is 13. The van der Waals surface area contributed by atoms with E-state index in [4.69, 9.17) is 13.9 Å². The topological polar surface area (TPSA) is 73.9 Å². The second kappa shape index (κ2) is 12.5. The fourth-order valence-electron chi connectivity index (χ4n) is 3.23. The number of carbonyl (C=O) groups excluding carboxylic acids is 2. The van der Waals surface area contributed by atoms with Gasteiger partial charge in [0, 0.05) is 13.0 Å². The van der Waals surface area contributed by atoms with Crippen molar-refractivity contribution < 1.29 is 23.5 Å². The van der Waals surface area contributed by atoms with Gasteiger partial charge in [0.2, 0.25) is 14.2 Å². The number of aryl methyl sites for hydroxylation is 1. The predicted octanol–water partition coefficient (Wildman–Crippen LogP) is 4.47. The monoisotopic (exact) mass is 423 g/mol. The van der Waals surface area contributed by atoms with E-state index in [9.17, 15) is 9.59 Å². The third-order valence-electron chi connectivity index (χ3n) is 4.68. The second-order valence-corrected chi connectivity index (χ2v) is 12.1. The SMILES string of the molecule is CCCC[Si](C)(C)Oc1c(CCC(CC(=O)OCC)NC(C)=O)cccc1OC. The molecule has 0 saturated heterocycles. The Balaban J connectivity index is 2.97. The Labute approximate surface area is 176 Å². The molecule has 1 rings (SSSR count). The van der Waals surface area contributed by atoms with Gasteiger partial charge < -0.3 is 19.2 Å². The van der Waals surface area contributed by atoms with Crippen LogP contribution in [0.3, 0.4) is 0 Å². The van der Waals surface area contributed by atoms with Gasteiger partial charge in [0.25, 0.3) is 0 Å². The molecule has 0 aliphatic carbocycles. The Bertz CT molecular complexity index is 663. The van der Waals surface area contributed by atoms with E-state index in [1.54, 1.807) is 14.0 Å². The molecule has 0 spiro atoms. The molecule has 1 amide bonds. The Hall–Kier alpha value is -2.02. The highest BCUT2D eigenvalue weighted by atomic mass is 28.4. The van der Waals surface area contributed by atoms with E-state index in [1.807, 2.05) is 18.2 Å². The summed E-state index contributed by atoms with van der Waals surface area (Å²) in [6, 6.07) is 6.68. The van der Waals surface area contributed by atoms with Gasteiger partial charge in [0.1, 0.15) is 5.75 Å². The van der Waals surface area contributed by atoms with Crippen LogP contribution in [-0.4, -0.2) is 40.0 Å². The standard InChI is InChI=1S/C22H37NO5Si/c1-7-9-15-29(5,6)28-22-18(11-10-12-20(22)26-4)13-14-19(23-17(3)24)16-21(25)27-8-2/h10-12,19H,7-9,13-16H2,1-6H3,(H,23,24). The summed E-state index contributed by atoms with van der Waals surface area (Å²) in [5.74, 6) is 1.05. The van der Waals surface area contributed by atoms with Crippen LogP contribution in [0.15, 0.2) is 18.2 Å².